The number of hydrogen-bond donors (Lipinski definition) is 1. The summed E-state index contributed by atoms with van der Waals surface area (Å²) >= 11 is 0. The minimum Gasteiger partial charge on any atom is -0.424 e. The van der Waals surface area contributed by atoms with Gasteiger partial charge in [-0.3, -0.25) is 14.3 Å². The first kappa shape index (κ1) is 22.3. The van der Waals surface area contributed by atoms with Gasteiger partial charge in [0.05, 0.1) is 24.7 Å². The van der Waals surface area contributed by atoms with Crippen LogP contribution in [0.15, 0.2) is 4.42 Å². The van der Waals surface area contributed by atoms with Gasteiger partial charge in [0.2, 0.25) is 17.7 Å². The van der Waals surface area contributed by atoms with Crippen molar-refractivity contribution in [3.8, 4) is 0 Å². The van der Waals surface area contributed by atoms with Crippen molar-refractivity contribution in [3.63, 3.8) is 0 Å². The zero-order chi connectivity index (χ0) is 22.5. The van der Waals surface area contributed by atoms with Gasteiger partial charge in [-0.25, -0.2) is 0 Å². The number of nitrogens with one attached hydrogen (secondary N) is 1. The van der Waals surface area contributed by atoms with Gasteiger partial charge < -0.3 is 14.5 Å². The molecule has 1 aromatic rings. The van der Waals surface area contributed by atoms with Crippen molar-refractivity contribution in [1.82, 2.24) is 15.5 Å². The molecule has 1 amide bonds. The molecule has 0 aliphatic heterocycles. The maximum Gasteiger partial charge on any atom is 0.522 e. The molecule has 174 valence electrons. The number of nitrogens with zero attached hydrogens (tertiary/aromatic N) is 2. The van der Waals surface area contributed by atoms with Crippen molar-refractivity contribution >= 4 is 5.91 Å². The van der Waals surface area contributed by atoms with Gasteiger partial charge in [0.1, 0.15) is 6.61 Å². The number of aromatic nitrogens is 2. The first-order chi connectivity index (χ1) is 14.4. The molecule has 0 aromatic carbocycles. The summed E-state index contributed by atoms with van der Waals surface area (Å²) in [6.45, 7) is -1.46. The maximum absolute atomic E-state index is 12.2. The summed E-state index contributed by atoms with van der Waals surface area (Å²) in [5, 5.41) is 10.8. The average molecular weight is 459 g/mol. The highest BCUT2D eigenvalue weighted by Crippen LogP contribution is 2.67. The summed E-state index contributed by atoms with van der Waals surface area (Å²) in [4.78, 5) is 11.9. The Labute approximate surface area is 171 Å². The van der Waals surface area contributed by atoms with Gasteiger partial charge in [0.25, 0.3) is 0 Å². The third-order valence-electron chi connectivity index (χ3n) is 5.80. The number of hydrogen-bond acceptors (Lipinski definition) is 7. The molecule has 8 nitrogen and oxygen atoms in total. The second-order valence-electron chi connectivity index (χ2n) is 8.29. The van der Waals surface area contributed by atoms with Crippen molar-refractivity contribution in [2.24, 2.45) is 0 Å². The van der Waals surface area contributed by atoms with Crippen LogP contribution in [0.4, 0.5) is 26.3 Å². The molecule has 2 bridgehead atoms. The molecule has 1 aromatic heterocycles. The summed E-state index contributed by atoms with van der Waals surface area (Å²) < 4.78 is 90.1. The van der Waals surface area contributed by atoms with E-state index in [0.29, 0.717) is 25.2 Å². The molecule has 4 aliphatic carbocycles. The highest BCUT2D eigenvalue weighted by Gasteiger charge is 2.71. The van der Waals surface area contributed by atoms with Crippen LogP contribution in [0.25, 0.3) is 0 Å². The van der Waals surface area contributed by atoms with Crippen molar-refractivity contribution in [2.75, 3.05) is 19.8 Å². The van der Waals surface area contributed by atoms with Crippen LogP contribution < -0.4 is 5.32 Å². The summed E-state index contributed by atoms with van der Waals surface area (Å²) in [5.74, 6) is -0.0292. The van der Waals surface area contributed by atoms with Gasteiger partial charge >= 0.3 is 12.7 Å². The number of alkyl halides is 6. The van der Waals surface area contributed by atoms with Gasteiger partial charge in [-0.15, -0.1) is 36.5 Å². The highest BCUT2D eigenvalue weighted by molar-refractivity contribution is 5.79. The molecule has 14 heteroatoms. The predicted octanol–water partition coefficient (Wildman–Crippen LogP) is 2.70. The highest BCUT2D eigenvalue weighted by atomic mass is 19.4. The lowest BCUT2D eigenvalue weighted by Crippen LogP contribution is -2.77. The zero-order valence-corrected chi connectivity index (χ0v) is 16.0. The molecule has 1 heterocycles. The van der Waals surface area contributed by atoms with Gasteiger partial charge in [-0.2, -0.15) is 0 Å². The fourth-order valence-electron chi connectivity index (χ4n) is 4.53. The van der Waals surface area contributed by atoms with Gasteiger partial charge in [-0.1, -0.05) is 0 Å². The molecule has 4 fully saturated rings. The standard InChI is InChI=1S/C17H19F6N3O5/c18-16(19,20)29-2-1-28-5-11(27)24-15-6-14(7-15,8-15)13-26-25-12(30-13)9-3-10(4-9)31-17(21,22)23/h9-10H,1-8H2,(H,24,27). The first-order valence-corrected chi connectivity index (χ1v) is 9.55. The number of halogens is 6. The summed E-state index contributed by atoms with van der Waals surface area (Å²) in [6.07, 6.45) is -8.31. The van der Waals surface area contributed by atoms with Crippen LogP contribution in [0.1, 0.15) is 49.8 Å². The van der Waals surface area contributed by atoms with E-state index in [1.54, 1.807) is 0 Å². The first-order valence-electron chi connectivity index (χ1n) is 9.55. The number of ether oxygens (including phenoxy) is 3. The number of carbonyl (C=O) groups excluding carboxylic acids is 1. The zero-order valence-electron chi connectivity index (χ0n) is 16.0. The molecule has 0 unspecified atom stereocenters. The van der Waals surface area contributed by atoms with E-state index in [4.69, 9.17) is 9.15 Å². The van der Waals surface area contributed by atoms with Crippen LogP contribution in [0.5, 0.6) is 0 Å². The third-order valence-corrected chi connectivity index (χ3v) is 5.80. The molecule has 0 atom stereocenters. The van der Waals surface area contributed by atoms with Crippen molar-refractivity contribution in [1.29, 1.82) is 0 Å². The van der Waals surface area contributed by atoms with Crippen LogP contribution in [0, 0.1) is 0 Å². The van der Waals surface area contributed by atoms with E-state index in [1.807, 2.05) is 0 Å². The lowest BCUT2D eigenvalue weighted by Gasteiger charge is -2.68. The fourth-order valence-corrected chi connectivity index (χ4v) is 4.53. The Balaban J connectivity index is 1.16. The number of carbonyl (C=O) groups is 1. The SMILES string of the molecule is O=C(COCCOC(F)(F)F)NC12CC(c3nnc(C4CC(OC(F)(F)F)C4)o3)(C1)C2. The van der Waals surface area contributed by atoms with E-state index in [1.165, 1.54) is 0 Å². The molecule has 1 N–H and O–H groups in total. The van der Waals surface area contributed by atoms with Gasteiger partial charge in [0, 0.05) is 11.5 Å². The fraction of sp³-hybridized carbons (Fsp3) is 0.824. The largest absolute Gasteiger partial charge is 0.522 e. The van der Waals surface area contributed by atoms with Crippen molar-refractivity contribution in [2.45, 2.75) is 67.8 Å². The average Bonchev–Trinajstić information content (AvgIpc) is 2.99. The van der Waals surface area contributed by atoms with E-state index < -0.39 is 36.9 Å². The monoisotopic (exact) mass is 459 g/mol. The maximum atomic E-state index is 12.2. The third kappa shape index (κ3) is 4.95. The van der Waals surface area contributed by atoms with E-state index in [0.717, 1.165) is 0 Å². The predicted molar refractivity (Wildman–Crippen MR) is 86.4 cm³/mol. The van der Waals surface area contributed by atoms with E-state index in [2.05, 4.69) is 25.0 Å². The molecule has 4 aliphatic rings. The lowest BCUT2D eigenvalue weighted by molar-refractivity contribution is -0.352. The van der Waals surface area contributed by atoms with Crippen LogP contribution in [-0.4, -0.2) is 60.3 Å². The lowest BCUT2D eigenvalue weighted by atomic mass is 9.39. The summed E-state index contributed by atoms with van der Waals surface area (Å²) in [5.41, 5.74) is -0.786. The second-order valence-corrected chi connectivity index (χ2v) is 8.29. The Morgan fingerprint density at radius 2 is 1.74 bits per heavy atom. The summed E-state index contributed by atoms with van der Waals surface area (Å²) in [6, 6.07) is 0. The normalized spacial score (nSPS) is 32.1. The quantitative estimate of drug-likeness (QED) is 0.448. The van der Waals surface area contributed by atoms with Crippen LogP contribution in [0.3, 0.4) is 0 Å². The Kier molecular flexibility index (Phi) is 5.45. The van der Waals surface area contributed by atoms with Crippen LogP contribution in [-0.2, 0) is 24.4 Å². The molecular formula is C17H19F6N3O5. The van der Waals surface area contributed by atoms with E-state index in [9.17, 15) is 31.1 Å². The molecule has 0 saturated heterocycles. The Bertz CT molecular complexity index is 800. The minimum absolute atomic E-state index is 0.155. The second kappa shape index (κ2) is 7.59. The molecule has 0 spiro atoms. The minimum atomic E-state index is -4.74. The number of amides is 1. The smallest absolute Gasteiger partial charge is 0.424 e. The topological polar surface area (TPSA) is 95.7 Å². The van der Waals surface area contributed by atoms with E-state index in [-0.39, 0.29) is 43.3 Å². The molecule has 5 rings (SSSR count). The molecule has 31 heavy (non-hydrogen) atoms. The molecular weight excluding hydrogens is 440 g/mol. The molecule has 0 radical (unpaired) electrons. The summed E-state index contributed by atoms with van der Waals surface area (Å²) in [7, 11) is 0. The van der Waals surface area contributed by atoms with Gasteiger partial charge in [-0.05, 0) is 32.1 Å². The van der Waals surface area contributed by atoms with Crippen LogP contribution in [0.2, 0.25) is 0 Å². The Hall–Kier alpha value is -1.93. The van der Waals surface area contributed by atoms with Gasteiger partial charge in [0.15, 0.2) is 0 Å². The number of rotatable bonds is 9. The van der Waals surface area contributed by atoms with Crippen molar-refractivity contribution < 1.29 is 49.8 Å². The van der Waals surface area contributed by atoms with Crippen molar-refractivity contribution in [3.05, 3.63) is 11.8 Å². The van der Waals surface area contributed by atoms with E-state index >= 15 is 0 Å². The van der Waals surface area contributed by atoms with Crippen LogP contribution >= 0.6 is 0 Å². The molecule has 4 saturated carbocycles. The Morgan fingerprint density at radius 1 is 1.06 bits per heavy atom. The Morgan fingerprint density at radius 3 is 2.35 bits per heavy atom.